The summed E-state index contributed by atoms with van der Waals surface area (Å²) in [7, 11) is 1.73. The van der Waals surface area contributed by atoms with Crippen LogP contribution in [0.15, 0.2) is 42.5 Å². The highest BCUT2D eigenvalue weighted by Gasteiger charge is 2.30. The molecule has 0 radical (unpaired) electrons. The number of rotatable bonds is 4. The summed E-state index contributed by atoms with van der Waals surface area (Å²) in [5.41, 5.74) is 1.63. The molecule has 0 saturated carbocycles. The van der Waals surface area contributed by atoms with Crippen LogP contribution in [0.4, 0.5) is 15.8 Å². The van der Waals surface area contributed by atoms with Crippen molar-refractivity contribution in [3.63, 3.8) is 0 Å². The Morgan fingerprint density at radius 3 is 2.78 bits per heavy atom. The predicted octanol–water partition coefficient (Wildman–Crippen LogP) is 3.67. The highest BCUT2D eigenvalue weighted by atomic mass is 35.5. The van der Waals surface area contributed by atoms with Crippen molar-refractivity contribution in [2.24, 2.45) is 0 Å². The smallest absolute Gasteiger partial charge is 0.241 e. The number of halogens is 2. The molecule has 2 amide bonds. The number of nitrogens with one attached hydrogen (secondary N) is 1. The van der Waals surface area contributed by atoms with Crippen LogP contribution in [0.5, 0.6) is 0 Å². The molecule has 1 N–H and O–H groups in total. The Balaban J connectivity index is 1.79. The van der Waals surface area contributed by atoms with Gasteiger partial charge in [-0.1, -0.05) is 29.8 Å². The van der Waals surface area contributed by atoms with E-state index in [0.717, 1.165) is 0 Å². The fraction of sp³-hybridized carbons (Fsp3) is 0.300. The second-order valence-electron chi connectivity index (χ2n) is 6.75. The zero-order valence-corrected chi connectivity index (χ0v) is 16.0. The topological polar surface area (TPSA) is 52.7 Å². The average Bonchev–Trinajstić information content (AvgIpc) is 2.72. The van der Waals surface area contributed by atoms with Crippen LogP contribution in [0.3, 0.4) is 0 Å². The summed E-state index contributed by atoms with van der Waals surface area (Å²) in [6, 6.07) is 11.5. The van der Waals surface area contributed by atoms with Crippen LogP contribution in [0.1, 0.15) is 18.9 Å². The van der Waals surface area contributed by atoms with Gasteiger partial charge < -0.3 is 10.2 Å². The first-order valence-electron chi connectivity index (χ1n) is 8.69. The second kappa shape index (κ2) is 8.06. The monoisotopic (exact) mass is 389 g/mol. The number of para-hydroxylation sites is 2. The van der Waals surface area contributed by atoms with Gasteiger partial charge in [0.15, 0.2) is 0 Å². The lowest BCUT2D eigenvalue weighted by Gasteiger charge is -2.30. The minimum absolute atomic E-state index is 0.0670. The first-order valence-corrected chi connectivity index (χ1v) is 9.07. The first-order chi connectivity index (χ1) is 12.9. The van der Waals surface area contributed by atoms with Crippen LogP contribution in [-0.2, 0) is 16.1 Å². The van der Waals surface area contributed by atoms with Crippen molar-refractivity contribution in [2.45, 2.75) is 25.9 Å². The Bertz CT molecular complexity index is 854. The van der Waals surface area contributed by atoms with Crippen LogP contribution < -0.4 is 10.2 Å². The van der Waals surface area contributed by atoms with Gasteiger partial charge in [0.05, 0.1) is 17.9 Å². The van der Waals surface area contributed by atoms with Crippen molar-refractivity contribution >= 4 is 34.8 Å². The van der Waals surface area contributed by atoms with Gasteiger partial charge in [0, 0.05) is 29.6 Å². The van der Waals surface area contributed by atoms with Crippen molar-refractivity contribution in [3.05, 3.63) is 58.9 Å². The first kappa shape index (κ1) is 19.3. The molecule has 1 aliphatic rings. The summed E-state index contributed by atoms with van der Waals surface area (Å²) < 4.78 is 14.0. The molecule has 0 spiro atoms. The maximum Gasteiger partial charge on any atom is 0.241 e. The van der Waals surface area contributed by atoms with Crippen LogP contribution >= 0.6 is 11.6 Å². The van der Waals surface area contributed by atoms with Gasteiger partial charge in [-0.15, -0.1) is 0 Å². The van der Waals surface area contributed by atoms with E-state index in [-0.39, 0.29) is 37.4 Å². The third-order valence-electron chi connectivity index (χ3n) is 4.52. The third kappa shape index (κ3) is 4.28. The van der Waals surface area contributed by atoms with Crippen molar-refractivity contribution in [2.75, 3.05) is 23.8 Å². The van der Waals surface area contributed by atoms with E-state index in [9.17, 15) is 14.0 Å². The molecular weight excluding hydrogens is 369 g/mol. The molecule has 142 valence electrons. The largest absolute Gasteiger partial charge is 0.324 e. The van der Waals surface area contributed by atoms with Gasteiger partial charge in [0.1, 0.15) is 5.82 Å². The molecule has 0 fully saturated rings. The predicted molar refractivity (Wildman–Crippen MR) is 104 cm³/mol. The maximum atomic E-state index is 14.0. The molecule has 27 heavy (non-hydrogen) atoms. The summed E-state index contributed by atoms with van der Waals surface area (Å²) in [5.74, 6) is -0.691. The standard InChI is InChI=1S/C20H21ClFN3O2/c1-13-10-19(26)23-17-8-3-4-9-18(17)25(13)20(27)12-24(2)11-14-15(21)6-5-7-16(14)22/h3-9,13H,10-12H2,1-2H3,(H,23,26)/t13-/m0/s1. The van der Waals surface area contributed by atoms with E-state index < -0.39 is 5.82 Å². The molecule has 0 aliphatic carbocycles. The lowest BCUT2D eigenvalue weighted by Crippen LogP contribution is -2.44. The van der Waals surface area contributed by atoms with E-state index in [2.05, 4.69) is 5.32 Å². The normalized spacial score (nSPS) is 16.7. The summed E-state index contributed by atoms with van der Waals surface area (Å²) in [4.78, 5) is 28.4. The molecule has 0 saturated heterocycles. The van der Waals surface area contributed by atoms with E-state index in [0.29, 0.717) is 22.0 Å². The van der Waals surface area contributed by atoms with E-state index in [4.69, 9.17) is 11.6 Å². The number of hydrogen-bond donors (Lipinski definition) is 1. The van der Waals surface area contributed by atoms with E-state index in [1.54, 1.807) is 35.0 Å². The van der Waals surface area contributed by atoms with Crippen LogP contribution in [0, 0.1) is 5.82 Å². The van der Waals surface area contributed by atoms with Gasteiger partial charge >= 0.3 is 0 Å². The SMILES string of the molecule is C[C@H]1CC(=O)Nc2ccccc2N1C(=O)CN(C)Cc1c(F)cccc1Cl. The number of hydrogen-bond acceptors (Lipinski definition) is 3. The highest BCUT2D eigenvalue weighted by molar-refractivity contribution is 6.31. The molecule has 1 heterocycles. The molecule has 3 rings (SSSR count). The molecule has 0 aromatic heterocycles. The molecule has 0 unspecified atom stereocenters. The molecule has 2 aromatic carbocycles. The van der Waals surface area contributed by atoms with Crippen LogP contribution in [0.25, 0.3) is 0 Å². The van der Waals surface area contributed by atoms with E-state index >= 15 is 0 Å². The van der Waals surface area contributed by atoms with Gasteiger partial charge in [-0.05, 0) is 38.2 Å². The van der Waals surface area contributed by atoms with Crippen molar-refractivity contribution < 1.29 is 14.0 Å². The van der Waals surface area contributed by atoms with Gasteiger partial charge in [-0.25, -0.2) is 4.39 Å². The zero-order chi connectivity index (χ0) is 19.6. The second-order valence-corrected chi connectivity index (χ2v) is 7.16. The molecule has 5 nitrogen and oxygen atoms in total. The van der Waals surface area contributed by atoms with Gasteiger partial charge in [0.25, 0.3) is 0 Å². The highest BCUT2D eigenvalue weighted by Crippen LogP contribution is 2.31. The Morgan fingerprint density at radius 1 is 1.30 bits per heavy atom. The number of amides is 2. The Hall–Kier alpha value is -2.44. The van der Waals surface area contributed by atoms with Crippen molar-refractivity contribution in [1.82, 2.24) is 4.90 Å². The minimum Gasteiger partial charge on any atom is -0.324 e. The number of carbonyl (C=O) groups is 2. The number of carbonyl (C=O) groups excluding carboxylic acids is 2. The third-order valence-corrected chi connectivity index (χ3v) is 4.88. The van der Waals surface area contributed by atoms with E-state index in [1.165, 1.54) is 6.07 Å². The lowest BCUT2D eigenvalue weighted by molar-refractivity contribution is -0.120. The Morgan fingerprint density at radius 2 is 2.04 bits per heavy atom. The summed E-state index contributed by atoms with van der Waals surface area (Å²) in [6.07, 6.45) is 0.212. The quantitative estimate of drug-likeness (QED) is 0.867. The number of anilines is 2. The molecule has 1 atom stereocenters. The molecular formula is C20H21ClFN3O2. The fourth-order valence-electron chi connectivity index (χ4n) is 3.28. The number of likely N-dealkylation sites (N-methyl/N-ethyl adjacent to an activating group) is 1. The Kier molecular flexibility index (Phi) is 5.77. The molecule has 1 aliphatic heterocycles. The molecule has 2 aromatic rings. The summed E-state index contributed by atoms with van der Waals surface area (Å²) in [6.45, 7) is 2.11. The summed E-state index contributed by atoms with van der Waals surface area (Å²) >= 11 is 6.08. The zero-order valence-electron chi connectivity index (χ0n) is 15.2. The number of benzene rings is 2. The van der Waals surface area contributed by atoms with Gasteiger partial charge in [-0.3, -0.25) is 14.5 Å². The number of fused-ring (bicyclic) bond motifs is 1. The molecule has 7 heteroatoms. The fourth-order valence-corrected chi connectivity index (χ4v) is 3.51. The summed E-state index contributed by atoms with van der Waals surface area (Å²) in [5, 5.41) is 3.16. The Labute approximate surface area is 162 Å². The van der Waals surface area contributed by atoms with Crippen LogP contribution in [-0.4, -0.2) is 36.3 Å². The number of nitrogens with zero attached hydrogens (tertiary/aromatic N) is 2. The van der Waals surface area contributed by atoms with Crippen molar-refractivity contribution in [1.29, 1.82) is 0 Å². The average molecular weight is 390 g/mol. The van der Waals surface area contributed by atoms with Crippen molar-refractivity contribution in [3.8, 4) is 0 Å². The van der Waals surface area contributed by atoms with Gasteiger partial charge in [-0.2, -0.15) is 0 Å². The lowest BCUT2D eigenvalue weighted by atomic mass is 10.1. The van der Waals surface area contributed by atoms with E-state index in [1.807, 2.05) is 25.1 Å². The van der Waals surface area contributed by atoms with Gasteiger partial charge in [0.2, 0.25) is 11.8 Å². The molecule has 0 bridgehead atoms. The minimum atomic E-state index is -0.398. The maximum absolute atomic E-state index is 14.0. The van der Waals surface area contributed by atoms with Crippen LogP contribution in [0.2, 0.25) is 5.02 Å².